The van der Waals surface area contributed by atoms with E-state index in [9.17, 15) is 14.4 Å². The number of aromatic amines is 1. The molecule has 0 radical (unpaired) electrons. The van der Waals surface area contributed by atoms with Crippen molar-refractivity contribution in [2.24, 2.45) is 5.10 Å². The molecule has 2 N–H and O–H groups in total. The second-order valence-electron chi connectivity index (χ2n) is 5.95. The van der Waals surface area contributed by atoms with Crippen LogP contribution in [0.1, 0.15) is 17.5 Å². The van der Waals surface area contributed by atoms with E-state index in [1.807, 2.05) is 12.1 Å². The Morgan fingerprint density at radius 2 is 1.97 bits per heavy atom. The van der Waals surface area contributed by atoms with E-state index in [0.717, 1.165) is 5.56 Å². The van der Waals surface area contributed by atoms with Gasteiger partial charge < -0.3 is 4.74 Å². The third-order valence-corrected chi connectivity index (χ3v) is 3.89. The van der Waals surface area contributed by atoms with Gasteiger partial charge in [-0.3, -0.25) is 14.2 Å². The van der Waals surface area contributed by atoms with E-state index in [1.165, 1.54) is 0 Å². The fourth-order valence-corrected chi connectivity index (χ4v) is 2.50. The van der Waals surface area contributed by atoms with Crippen molar-refractivity contribution >= 4 is 12.2 Å². The van der Waals surface area contributed by atoms with Crippen molar-refractivity contribution in [2.45, 2.75) is 6.42 Å². The van der Waals surface area contributed by atoms with E-state index in [-0.39, 0.29) is 17.2 Å². The highest BCUT2D eigenvalue weighted by atomic mass is 19.1. The highest BCUT2D eigenvalue weighted by molar-refractivity contribution is 5.80. The summed E-state index contributed by atoms with van der Waals surface area (Å²) in [5, 5.41) is 13.3. The van der Waals surface area contributed by atoms with Crippen LogP contribution in [0, 0.1) is 11.3 Å². The van der Waals surface area contributed by atoms with Crippen LogP contribution in [0.15, 0.2) is 64.5 Å². The summed E-state index contributed by atoms with van der Waals surface area (Å²) in [4.78, 5) is 19.0. The van der Waals surface area contributed by atoms with E-state index in [4.69, 9.17) is 4.74 Å². The van der Waals surface area contributed by atoms with Gasteiger partial charge in [0.2, 0.25) is 5.95 Å². The molecule has 0 fully saturated rings. The van der Waals surface area contributed by atoms with Crippen molar-refractivity contribution in [3.63, 3.8) is 0 Å². The largest absolute Gasteiger partial charge is 0.493 e. The van der Waals surface area contributed by atoms with Crippen LogP contribution in [0.5, 0.6) is 5.75 Å². The summed E-state index contributed by atoms with van der Waals surface area (Å²) in [6.45, 7) is -0.0825. The number of hydrazone groups is 1. The zero-order valence-electron chi connectivity index (χ0n) is 15.4. The molecule has 0 aliphatic heterocycles. The lowest BCUT2D eigenvalue weighted by atomic mass is 10.1. The number of anilines is 1. The lowest BCUT2D eigenvalue weighted by molar-refractivity contribution is 0.289. The Morgan fingerprint density at radius 1 is 1.21 bits per heavy atom. The van der Waals surface area contributed by atoms with Crippen molar-refractivity contribution in [3.8, 4) is 23.1 Å². The summed E-state index contributed by atoms with van der Waals surface area (Å²) in [6.07, 6.45) is 1.90. The molecule has 2 aromatic carbocycles. The Kier molecular flexibility index (Phi) is 6.68. The maximum Gasteiger partial charge on any atom is 0.270 e. The minimum absolute atomic E-state index is 0.0610. The number of rotatable bonds is 8. The lowest BCUT2D eigenvalue weighted by Crippen LogP contribution is -2.16. The van der Waals surface area contributed by atoms with Gasteiger partial charge in [-0.05, 0) is 29.8 Å². The van der Waals surface area contributed by atoms with Gasteiger partial charge in [-0.15, -0.1) is 0 Å². The van der Waals surface area contributed by atoms with Crippen LogP contribution in [0.4, 0.5) is 10.3 Å². The molecule has 0 saturated heterocycles. The zero-order chi connectivity index (χ0) is 20.5. The van der Waals surface area contributed by atoms with Gasteiger partial charge >= 0.3 is 0 Å². The van der Waals surface area contributed by atoms with E-state index >= 15 is 0 Å². The van der Waals surface area contributed by atoms with Crippen molar-refractivity contribution in [2.75, 3.05) is 18.7 Å². The molecule has 0 saturated carbocycles. The molecule has 0 aliphatic rings. The molecule has 1 heterocycles. The lowest BCUT2D eigenvalue weighted by Gasteiger charge is -2.06. The normalized spacial score (nSPS) is 10.6. The van der Waals surface area contributed by atoms with Gasteiger partial charge in [0.05, 0.1) is 25.2 Å². The number of alkyl halides is 1. The molecule has 0 atom stereocenters. The molecule has 8 heteroatoms. The molecular formula is C21H18FN5O2. The first-order valence-electron chi connectivity index (χ1n) is 8.89. The first kappa shape index (κ1) is 19.8. The SMILES string of the molecule is N#Cc1c(-c2ccccc2)nc(NN=Cc2ccc(OCCCF)cc2)[nH]c1=O. The summed E-state index contributed by atoms with van der Waals surface area (Å²) >= 11 is 0. The molecule has 0 bridgehead atoms. The molecular weight excluding hydrogens is 373 g/mol. The standard InChI is InChI=1S/C21H18FN5O2/c22-11-4-12-29-17-9-7-15(8-10-17)14-24-27-21-25-19(16-5-2-1-3-6-16)18(13-23)20(28)26-21/h1-3,5-10,14H,4,11-12H2,(H2,25,26,27,28). The average molecular weight is 391 g/mol. The van der Waals surface area contributed by atoms with Crippen LogP contribution < -0.4 is 15.7 Å². The topological polar surface area (TPSA) is 103 Å². The van der Waals surface area contributed by atoms with Crippen LogP contribution in [0.2, 0.25) is 0 Å². The highest BCUT2D eigenvalue weighted by Crippen LogP contribution is 2.19. The van der Waals surface area contributed by atoms with E-state index < -0.39 is 12.2 Å². The number of nitrogens with one attached hydrogen (secondary N) is 2. The number of nitrogens with zero attached hydrogens (tertiary/aromatic N) is 3. The maximum absolute atomic E-state index is 12.2. The summed E-state index contributed by atoms with van der Waals surface area (Å²) in [7, 11) is 0. The number of hydrogen-bond donors (Lipinski definition) is 2. The van der Waals surface area contributed by atoms with Gasteiger partial charge in [-0.25, -0.2) is 10.4 Å². The molecule has 0 spiro atoms. The second-order valence-corrected chi connectivity index (χ2v) is 5.95. The van der Waals surface area contributed by atoms with Gasteiger partial charge in [-0.1, -0.05) is 30.3 Å². The van der Waals surface area contributed by atoms with Crippen LogP contribution in [0.3, 0.4) is 0 Å². The first-order chi connectivity index (χ1) is 14.2. The number of ether oxygens (including phenoxy) is 1. The number of benzene rings is 2. The van der Waals surface area contributed by atoms with Crippen molar-refractivity contribution < 1.29 is 9.13 Å². The summed E-state index contributed by atoms with van der Waals surface area (Å²) < 4.78 is 17.5. The first-order valence-corrected chi connectivity index (χ1v) is 8.89. The van der Waals surface area contributed by atoms with E-state index in [1.54, 1.807) is 54.7 Å². The zero-order valence-corrected chi connectivity index (χ0v) is 15.4. The van der Waals surface area contributed by atoms with Crippen LogP contribution in [-0.4, -0.2) is 29.5 Å². The van der Waals surface area contributed by atoms with Gasteiger partial charge in [0.25, 0.3) is 5.56 Å². The van der Waals surface area contributed by atoms with E-state index in [2.05, 4.69) is 20.5 Å². The fourth-order valence-electron chi connectivity index (χ4n) is 2.50. The molecule has 0 aliphatic carbocycles. The predicted molar refractivity (Wildman–Crippen MR) is 109 cm³/mol. The Morgan fingerprint density at radius 3 is 2.66 bits per heavy atom. The van der Waals surface area contributed by atoms with Crippen molar-refractivity contribution in [1.82, 2.24) is 9.97 Å². The van der Waals surface area contributed by atoms with Gasteiger partial charge in [-0.2, -0.15) is 10.4 Å². The van der Waals surface area contributed by atoms with Gasteiger partial charge in [0.1, 0.15) is 17.4 Å². The number of aromatic nitrogens is 2. The molecule has 3 rings (SSSR count). The quantitative estimate of drug-likeness (QED) is 0.348. The summed E-state index contributed by atoms with van der Waals surface area (Å²) in [5.41, 5.74) is 3.79. The number of hydrogen-bond acceptors (Lipinski definition) is 6. The minimum atomic E-state index is -0.547. The number of H-pyrrole nitrogens is 1. The molecule has 3 aromatic rings. The Hall–Kier alpha value is -3.99. The summed E-state index contributed by atoms with van der Waals surface area (Å²) in [5.74, 6) is 0.768. The Labute approximate surface area is 166 Å². The maximum atomic E-state index is 12.2. The van der Waals surface area contributed by atoms with Crippen molar-refractivity contribution in [3.05, 3.63) is 76.1 Å². The highest BCUT2D eigenvalue weighted by Gasteiger charge is 2.12. The summed E-state index contributed by atoms with van der Waals surface area (Å²) in [6, 6.07) is 18.0. The molecule has 7 nitrogen and oxygen atoms in total. The van der Waals surface area contributed by atoms with Crippen molar-refractivity contribution in [1.29, 1.82) is 5.26 Å². The predicted octanol–water partition coefficient (Wildman–Crippen LogP) is 3.49. The van der Waals surface area contributed by atoms with E-state index in [0.29, 0.717) is 24.3 Å². The van der Waals surface area contributed by atoms with Crippen LogP contribution in [-0.2, 0) is 0 Å². The number of nitriles is 1. The second kappa shape index (κ2) is 9.80. The third-order valence-electron chi connectivity index (χ3n) is 3.89. The van der Waals surface area contributed by atoms with Gasteiger partial charge in [0.15, 0.2) is 0 Å². The van der Waals surface area contributed by atoms with Gasteiger partial charge in [0, 0.05) is 12.0 Å². The average Bonchev–Trinajstić information content (AvgIpc) is 2.75. The van der Waals surface area contributed by atoms with Crippen LogP contribution in [0.25, 0.3) is 11.3 Å². The molecule has 0 amide bonds. The number of halogens is 1. The van der Waals surface area contributed by atoms with Crippen LogP contribution >= 0.6 is 0 Å². The monoisotopic (exact) mass is 391 g/mol. The molecule has 29 heavy (non-hydrogen) atoms. The molecule has 0 unspecified atom stereocenters. The fraction of sp³-hybridized carbons (Fsp3) is 0.143. The smallest absolute Gasteiger partial charge is 0.270 e. The molecule has 1 aromatic heterocycles. The Balaban J connectivity index is 1.73. The third kappa shape index (κ3) is 5.26. The Bertz CT molecular complexity index is 1070. The molecule has 146 valence electrons. The minimum Gasteiger partial charge on any atom is -0.493 e.